The van der Waals surface area contributed by atoms with Gasteiger partial charge in [-0.15, -0.1) is 11.3 Å². The first-order chi connectivity index (χ1) is 6.81. The van der Waals surface area contributed by atoms with Crippen LogP contribution in [0.1, 0.15) is 5.56 Å². The van der Waals surface area contributed by atoms with E-state index in [4.69, 9.17) is 17.3 Å². The van der Waals surface area contributed by atoms with E-state index in [0.717, 1.165) is 5.02 Å². The number of thiophene rings is 1. The van der Waals surface area contributed by atoms with Gasteiger partial charge in [0.1, 0.15) is 0 Å². The highest BCUT2D eigenvalue weighted by Gasteiger charge is 2.04. The second-order valence-electron chi connectivity index (χ2n) is 2.99. The Bertz CT molecular complexity index is 419. The summed E-state index contributed by atoms with van der Waals surface area (Å²) in [5, 5.41) is 2.83. The molecule has 72 valence electrons. The molecule has 0 unspecified atom stereocenters. The van der Waals surface area contributed by atoms with E-state index in [-0.39, 0.29) is 0 Å². The van der Waals surface area contributed by atoms with Crippen molar-refractivity contribution in [1.82, 2.24) is 0 Å². The first-order valence-corrected chi connectivity index (χ1v) is 5.59. The lowest BCUT2D eigenvalue weighted by atomic mass is 10.1. The highest BCUT2D eigenvalue weighted by atomic mass is 35.5. The number of rotatable bonds is 2. The summed E-state index contributed by atoms with van der Waals surface area (Å²) in [6, 6.07) is 9.91. The van der Waals surface area contributed by atoms with Gasteiger partial charge >= 0.3 is 0 Å². The molecule has 0 bridgehead atoms. The fourth-order valence-electron chi connectivity index (χ4n) is 1.35. The Hall–Kier alpha value is -0.830. The first-order valence-electron chi connectivity index (χ1n) is 4.33. The summed E-state index contributed by atoms with van der Waals surface area (Å²) in [5.74, 6) is 0. The lowest BCUT2D eigenvalue weighted by molar-refractivity contribution is 1.08. The van der Waals surface area contributed by atoms with Gasteiger partial charge in [0.25, 0.3) is 0 Å². The number of benzene rings is 1. The van der Waals surface area contributed by atoms with Crippen LogP contribution in [0.15, 0.2) is 35.7 Å². The van der Waals surface area contributed by atoms with E-state index in [9.17, 15) is 0 Å². The van der Waals surface area contributed by atoms with Crippen molar-refractivity contribution in [3.8, 4) is 10.4 Å². The predicted octanol–water partition coefficient (Wildman–Crippen LogP) is 3.53. The second-order valence-corrected chi connectivity index (χ2v) is 4.34. The Morgan fingerprint density at radius 3 is 2.50 bits per heavy atom. The molecule has 0 aliphatic carbocycles. The van der Waals surface area contributed by atoms with Gasteiger partial charge in [0.15, 0.2) is 0 Å². The van der Waals surface area contributed by atoms with Crippen LogP contribution < -0.4 is 5.73 Å². The summed E-state index contributed by atoms with van der Waals surface area (Å²) in [7, 11) is 0. The summed E-state index contributed by atoms with van der Waals surface area (Å²) < 4.78 is 0. The highest BCUT2D eigenvalue weighted by Crippen LogP contribution is 2.29. The standard InChI is InChI=1S/C11H10ClNS/c12-10-3-1-8(2-4-10)11-9(7-13)5-6-14-11/h1-6H,7,13H2. The largest absolute Gasteiger partial charge is 0.326 e. The Kier molecular flexibility index (Phi) is 2.87. The van der Waals surface area contributed by atoms with E-state index in [0.29, 0.717) is 6.54 Å². The average Bonchev–Trinajstić information content (AvgIpc) is 2.67. The van der Waals surface area contributed by atoms with Crippen LogP contribution in [-0.4, -0.2) is 0 Å². The molecule has 0 amide bonds. The predicted molar refractivity (Wildman–Crippen MR) is 62.7 cm³/mol. The molecule has 3 heteroatoms. The van der Waals surface area contributed by atoms with Crippen molar-refractivity contribution in [3.05, 3.63) is 46.3 Å². The van der Waals surface area contributed by atoms with E-state index in [2.05, 4.69) is 11.4 Å². The highest BCUT2D eigenvalue weighted by molar-refractivity contribution is 7.13. The SMILES string of the molecule is NCc1ccsc1-c1ccc(Cl)cc1. The van der Waals surface area contributed by atoms with Gasteiger partial charge in [-0.05, 0) is 34.7 Å². The maximum Gasteiger partial charge on any atom is 0.0406 e. The zero-order chi connectivity index (χ0) is 9.97. The Morgan fingerprint density at radius 2 is 1.86 bits per heavy atom. The van der Waals surface area contributed by atoms with Crippen LogP contribution in [-0.2, 0) is 6.54 Å². The molecule has 1 nitrogen and oxygen atoms in total. The molecule has 0 saturated carbocycles. The molecule has 0 aliphatic rings. The molecule has 0 saturated heterocycles. The third-order valence-electron chi connectivity index (χ3n) is 2.07. The maximum atomic E-state index is 5.83. The minimum atomic E-state index is 0.585. The summed E-state index contributed by atoms with van der Waals surface area (Å²) >= 11 is 7.54. The zero-order valence-electron chi connectivity index (χ0n) is 7.53. The van der Waals surface area contributed by atoms with Gasteiger partial charge < -0.3 is 5.73 Å². The molecule has 0 fully saturated rings. The molecular formula is C11H10ClNS. The van der Waals surface area contributed by atoms with Gasteiger partial charge in [0, 0.05) is 16.4 Å². The van der Waals surface area contributed by atoms with Gasteiger partial charge in [-0.2, -0.15) is 0 Å². The van der Waals surface area contributed by atoms with Crippen LogP contribution in [0.25, 0.3) is 10.4 Å². The fraction of sp³-hybridized carbons (Fsp3) is 0.0909. The molecule has 1 aromatic heterocycles. The Morgan fingerprint density at radius 1 is 1.14 bits per heavy atom. The minimum absolute atomic E-state index is 0.585. The van der Waals surface area contributed by atoms with Crippen molar-refractivity contribution in [2.24, 2.45) is 5.73 Å². The third-order valence-corrected chi connectivity index (χ3v) is 3.33. The number of hydrogen-bond donors (Lipinski definition) is 1. The lowest BCUT2D eigenvalue weighted by Gasteiger charge is -2.01. The quantitative estimate of drug-likeness (QED) is 0.828. The van der Waals surface area contributed by atoms with Gasteiger partial charge in [-0.25, -0.2) is 0 Å². The van der Waals surface area contributed by atoms with Crippen molar-refractivity contribution in [1.29, 1.82) is 0 Å². The molecule has 0 radical (unpaired) electrons. The smallest absolute Gasteiger partial charge is 0.0406 e. The molecule has 2 aromatic rings. The lowest BCUT2D eigenvalue weighted by Crippen LogP contribution is -1.95. The van der Waals surface area contributed by atoms with Crippen LogP contribution in [0.4, 0.5) is 0 Å². The summed E-state index contributed by atoms with van der Waals surface area (Å²) in [6.45, 7) is 0.585. The van der Waals surface area contributed by atoms with Gasteiger partial charge in [0.2, 0.25) is 0 Å². The molecule has 0 spiro atoms. The normalized spacial score (nSPS) is 10.4. The number of hydrogen-bond acceptors (Lipinski definition) is 2. The fourth-order valence-corrected chi connectivity index (χ4v) is 2.42. The van der Waals surface area contributed by atoms with E-state index in [1.54, 1.807) is 11.3 Å². The van der Waals surface area contributed by atoms with Gasteiger partial charge in [0.05, 0.1) is 0 Å². The summed E-state index contributed by atoms with van der Waals surface area (Å²) in [6.07, 6.45) is 0. The average molecular weight is 224 g/mol. The van der Waals surface area contributed by atoms with Gasteiger partial charge in [-0.1, -0.05) is 23.7 Å². The van der Waals surface area contributed by atoms with Crippen molar-refractivity contribution in [3.63, 3.8) is 0 Å². The van der Waals surface area contributed by atoms with Gasteiger partial charge in [-0.3, -0.25) is 0 Å². The molecule has 14 heavy (non-hydrogen) atoms. The topological polar surface area (TPSA) is 26.0 Å². The van der Waals surface area contributed by atoms with Crippen LogP contribution >= 0.6 is 22.9 Å². The van der Waals surface area contributed by atoms with Crippen molar-refractivity contribution in [2.45, 2.75) is 6.54 Å². The summed E-state index contributed by atoms with van der Waals surface area (Å²) in [4.78, 5) is 1.24. The Labute approximate surface area is 92.1 Å². The molecule has 1 heterocycles. The minimum Gasteiger partial charge on any atom is -0.326 e. The van der Waals surface area contributed by atoms with E-state index >= 15 is 0 Å². The molecule has 0 atom stereocenters. The van der Waals surface area contributed by atoms with E-state index in [1.807, 2.05) is 24.3 Å². The van der Waals surface area contributed by atoms with Crippen molar-refractivity contribution >= 4 is 22.9 Å². The molecule has 2 rings (SSSR count). The first kappa shape index (κ1) is 9.71. The molecule has 1 aromatic carbocycles. The molecule has 2 N–H and O–H groups in total. The van der Waals surface area contributed by atoms with Crippen LogP contribution in [0.5, 0.6) is 0 Å². The van der Waals surface area contributed by atoms with E-state index < -0.39 is 0 Å². The van der Waals surface area contributed by atoms with Crippen molar-refractivity contribution in [2.75, 3.05) is 0 Å². The second kappa shape index (κ2) is 4.13. The molecule has 0 aliphatic heterocycles. The zero-order valence-corrected chi connectivity index (χ0v) is 9.11. The van der Waals surface area contributed by atoms with Crippen LogP contribution in [0.3, 0.4) is 0 Å². The van der Waals surface area contributed by atoms with Crippen LogP contribution in [0.2, 0.25) is 5.02 Å². The maximum absolute atomic E-state index is 5.83. The van der Waals surface area contributed by atoms with Crippen LogP contribution in [0, 0.1) is 0 Å². The van der Waals surface area contributed by atoms with E-state index in [1.165, 1.54) is 16.0 Å². The van der Waals surface area contributed by atoms with Crippen molar-refractivity contribution < 1.29 is 0 Å². The number of halogens is 1. The number of nitrogens with two attached hydrogens (primary N) is 1. The molecular weight excluding hydrogens is 214 g/mol. The monoisotopic (exact) mass is 223 g/mol. The summed E-state index contributed by atoms with van der Waals surface area (Å²) in [5.41, 5.74) is 8.02. The Balaban J connectivity index is 2.44. The third kappa shape index (κ3) is 1.82.